The molecular weight excluding hydrogens is 296 g/mol. The Kier molecular flexibility index (Phi) is 5.78. The molecule has 4 heteroatoms. The monoisotopic (exact) mass is 316 g/mol. The van der Waals surface area contributed by atoms with E-state index in [9.17, 15) is 4.79 Å². The molecule has 22 heavy (non-hydrogen) atoms. The number of ketones is 1. The molecule has 2 rings (SSSR count). The summed E-state index contributed by atoms with van der Waals surface area (Å²) >= 11 is 1.57. The molecule has 0 amide bonds. The Morgan fingerprint density at radius 1 is 1.14 bits per heavy atom. The van der Waals surface area contributed by atoms with Gasteiger partial charge in [-0.3, -0.25) is 4.79 Å². The van der Waals surface area contributed by atoms with Gasteiger partial charge in [-0.25, -0.2) is 0 Å². The number of aryl methyl sites for hydroxylation is 1. The van der Waals surface area contributed by atoms with Crippen LogP contribution in [0.3, 0.4) is 0 Å². The highest BCUT2D eigenvalue weighted by Gasteiger charge is 2.07. The van der Waals surface area contributed by atoms with Crippen molar-refractivity contribution in [1.82, 2.24) is 0 Å². The maximum absolute atomic E-state index is 12.2. The van der Waals surface area contributed by atoms with Crippen LogP contribution >= 0.6 is 11.3 Å². The lowest BCUT2D eigenvalue weighted by Crippen LogP contribution is -1.91. The van der Waals surface area contributed by atoms with E-state index in [4.69, 9.17) is 9.47 Å². The predicted octanol–water partition coefficient (Wildman–Crippen LogP) is 4.61. The molecule has 0 radical (unpaired) electrons. The zero-order chi connectivity index (χ0) is 15.9. The van der Waals surface area contributed by atoms with E-state index in [0.717, 1.165) is 23.3 Å². The summed E-state index contributed by atoms with van der Waals surface area (Å²) in [7, 11) is 3.19. The first-order valence-electron chi connectivity index (χ1n) is 7.21. The Balaban J connectivity index is 2.11. The van der Waals surface area contributed by atoms with Crippen molar-refractivity contribution in [2.45, 2.75) is 19.8 Å². The minimum absolute atomic E-state index is 0.0298. The van der Waals surface area contributed by atoms with Gasteiger partial charge in [-0.1, -0.05) is 25.5 Å². The Morgan fingerprint density at radius 2 is 1.91 bits per heavy atom. The van der Waals surface area contributed by atoms with Crippen LogP contribution in [0.4, 0.5) is 0 Å². The molecule has 0 N–H and O–H groups in total. The van der Waals surface area contributed by atoms with E-state index >= 15 is 0 Å². The molecule has 1 aromatic carbocycles. The molecule has 0 aliphatic carbocycles. The Labute approximate surface area is 135 Å². The van der Waals surface area contributed by atoms with Crippen LogP contribution in [0.25, 0.3) is 6.08 Å². The second kappa shape index (κ2) is 7.80. The van der Waals surface area contributed by atoms with Crippen LogP contribution < -0.4 is 9.47 Å². The van der Waals surface area contributed by atoms with Crippen molar-refractivity contribution in [3.05, 3.63) is 51.7 Å². The number of benzene rings is 1. The third-order valence-electron chi connectivity index (χ3n) is 3.24. The van der Waals surface area contributed by atoms with E-state index < -0.39 is 0 Å². The van der Waals surface area contributed by atoms with Gasteiger partial charge in [-0.2, -0.15) is 0 Å². The Morgan fingerprint density at radius 3 is 2.59 bits per heavy atom. The quantitative estimate of drug-likeness (QED) is 0.552. The fourth-order valence-corrected chi connectivity index (χ4v) is 3.13. The van der Waals surface area contributed by atoms with Gasteiger partial charge in [0.2, 0.25) is 0 Å². The first-order chi connectivity index (χ1) is 10.7. The van der Waals surface area contributed by atoms with Crippen molar-refractivity contribution in [2.24, 2.45) is 0 Å². The molecule has 1 heterocycles. The minimum atomic E-state index is 0.0298. The van der Waals surface area contributed by atoms with E-state index in [0.29, 0.717) is 11.5 Å². The maximum atomic E-state index is 12.2. The van der Waals surface area contributed by atoms with E-state index in [-0.39, 0.29) is 5.78 Å². The average molecular weight is 316 g/mol. The molecule has 1 aromatic heterocycles. The van der Waals surface area contributed by atoms with Gasteiger partial charge in [0.05, 0.1) is 19.1 Å². The van der Waals surface area contributed by atoms with Gasteiger partial charge in [0.1, 0.15) is 0 Å². The van der Waals surface area contributed by atoms with Gasteiger partial charge in [0, 0.05) is 4.88 Å². The lowest BCUT2D eigenvalue weighted by molar-refractivity contribution is 0.105. The molecule has 0 aliphatic heterocycles. The summed E-state index contributed by atoms with van der Waals surface area (Å²) in [5.41, 5.74) is 0.899. The Hall–Kier alpha value is -2.07. The van der Waals surface area contributed by atoms with Gasteiger partial charge in [-0.05, 0) is 42.3 Å². The lowest BCUT2D eigenvalue weighted by Gasteiger charge is -2.07. The van der Waals surface area contributed by atoms with Crippen LogP contribution in [0.15, 0.2) is 36.4 Å². The van der Waals surface area contributed by atoms with E-state index in [1.807, 2.05) is 30.3 Å². The number of ether oxygens (including phenoxy) is 2. The minimum Gasteiger partial charge on any atom is -0.493 e. The summed E-state index contributed by atoms with van der Waals surface area (Å²) in [5.74, 6) is 1.36. The normalized spacial score (nSPS) is 10.9. The fourth-order valence-electron chi connectivity index (χ4n) is 2.10. The SMILES string of the molecule is CCCc1ccc(C(=O)/C=C/c2ccc(OC)c(OC)c2)s1. The van der Waals surface area contributed by atoms with Crippen LogP contribution in [-0.2, 0) is 6.42 Å². The molecule has 3 nitrogen and oxygen atoms in total. The third kappa shape index (κ3) is 3.98. The summed E-state index contributed by atoms with van der Waals surface area (Å²) in [5, 5.41) is 0. The van der Waals surface area contributed by atoms with Crippen molar-refractivity contribution >= 4 is 23.2 Å². The largest absolute Gasteiger partial charge is 0.493 e. The zero-order valence-electron chi connectivity index (χ0n) is 13.1. The van der Waals surface area contributed by atoms with E-state index in [1.165, 1.54) is 4.88 Å². The molecule has 0 aliphatic rings. The molecule has 0 unspecified atom stereocenters. The summed E-state index contributed by atoms with van der Waals surface area (Å²) in [6, 6.07) is 9.50. The fraction of sp³-hybridized carbons (Fsp3) is 0.278. The van der Waals surface area contributed by atoms with Crippen LogP contribution in [0.2, 0.25) is 0 Å². The van der Waals surface area contributed by atoms with Crippen LogP contribution in [0.1, 0.15) is 33.5 Å². The highest BCUT2D eigenvalue weighted by molar-refractivity contribution is 7.14. The molecule has 0 spiro atoms. The van der Waals surface area contributed by atoms with Crippen LogP contribution in [-0.4, -0.2) is 20.0 Å². The number of hydrogen-bond donors (Lipinski definition) is 0. The van der Waals surface area contributed by atoms with Gasteiger partial charge in [0.15, 0.2) is 17.3 Å². The third-order valence-corrected chi connectivity index (χ3v) is 4.40. The second-order valence-corrected chi connectivity index (χ2v) is 6.00. The number of carbonyl (C=O) groups excluding carboxylic acids is 1. The molecule has 0 fully saturated rings. The molecule has 0 bridgehead atoms. The van der Waals surface area contributed by atoms with Crippen molar-refractivity contribution < 1.29 is 14.3 Å². The molecule has 2 aromatic rings. The van der Waals surface area contributed by atoms with Crippen molar-refractivity contribution in [3.8, 4) is 11.5 Å². The summed E-state index contributed by atoms with van der Waals surface area (Å²) in [6.45, 7) is 2.14. The Bertz CT molecular complexity index is 671. The van der Waals surface area contributed by atoms with Gasteiger partial charge < -0.3 is 9.47 Å². The second-order valence-electron chi connectivity index (χ2n) is 4.83. The summed E-state index contributed by atoms with van der Waals surface area (Å²) in [4.78, 5) is 14.2. The number of rotatable bonds is 7. The molecule has 0 saturated heterocycles. The highest BCUT2D eigenvalue weighted by atomic mass is 32.1. The number of allylic oxidation sites excluding steroid dienone is 1. The van der Waals surface area contributed by atoms with Crippen molar-refractivity contribution in [2.75, 3.05) is 14.2 Å². The standard InChI is InChI=1S/C18H20O3S/c1-4-5-14-8-11-18(22-14)15(19)9-6-13-7-10-16(20-2)17(12-13)21-3/h6-12H,4-5H2,1-3H3/b9-6+. The first-order valence-corrected chi connectivity index (χ1v) is 8.02. The molecule has 0 atom stereocenters. The van der Waals surface area contributed by atoms with Crippen LogP contribution in [0.5, 0.6) is 11.5 Å². The zero-order valence-corrected chi connectivity index (χ0v) is 13.9. The van der Waals surface area contributed by atoms with Gasteiger partial charge in [0.25, 0.3) is 0 Å². The topological polar surface area (TPSA) is 35.5 Å². The van der Waals surface area contributed by atoms with Crippen molar-refractivity contribution in [1.29, 1.82) is 0 Å². The average Bonchev–Trinajstić information content (AvgIpc) is 3.01. The number of methoxy groups -OCH3 is 2. The maximum Gasteiger partial charge on any atom is 0.195 e. The summed E-state index contributed by atoms with van der Waals surface area (Å²) in [6.07, 6.45) is 5.51. The summed E-state index contributed by atoms with van der Waals surface area (Å²) < 4.78 is 10.5. The van der Waals surface area contributed by atoms with Gasteiger partial charge >= 0.3 is 0 Å². The molecular formula is C18H20O3S. The predicted molar refractivity (Wildman–Crippen MR) is 91.2 cm³/mol. The highest BCUT2D eigenvalue weighted by Crippen LogP contribution is 2.28. The number of thiophene rings is 1. The van der Waals surface area contributed by atoms with Crippen LogP contribution in [0, 0.1) is 0 Å². The first kappa shape index (κ1) is 16.3. The van der Waals surface area contributed by atoms with E-state index in [1.54, 1.807) is 37.7 Å². The smallest absolute Gasteiger partial charge is 0.195 e. The number of hydrogen-bond acceptors (Lipinski definition) is 4. The van der Waals surface area contributed by atoms with E-state index in [2.05, 4.69) is 6.92 Å². The molecule has 0 saturated carbocycles. The van der Waals surface area contributed by atoms with Crippen molar-refractivity contribution in [3.63, 3.8) is 0 Å². The van der Waals surface area contributed by atoms with Gasteiger partial charge in [-0.15, -0.1) is 11.3 Å². The molecule has 116 valence electrons. The number of carbonyl (C=O) groups is 1. The lowest BCUT2D eigenvalue weighted by atomic mass is 10.1.